The molecule has 0 bridgehead atoms. The summed E-state index contributed by atoms with van der Waals surface area (Å²) in [6.45, 7) is 6.67. The van der Waals surface area contributed by atoms with Crippen LogP contribution in [0.5, 0.6) is 0 Å². The highest BCUT2D eigenvalue weighted by Crippen LogP contribution is 2.17. The van der Waals surface area contributed by atoms with Crippen LogP contribution in [0.4, 0.5) is 0 Å². The van der Waals surface area contributed by atoms with Crippen LogP contribution in [0.15, 0.2) is 0 Å². The standard InChI is InChI=1S/C14H29NO2/c1-3-5-12(6-8-16)11-15-13-7-9-17-14(4-2)10-13/h12-16H,3-11H2,1-2H3. The van der Waals surface area contributed by atoms with Crippen molar-refractivity contribution in [2.24, 2.45) is 5.92 Å². The largest absolute Gasteiger partial charge is 0.396 e. The van der Waals surface area contributed by atoms with Crippen LogP contribution in [0.1, 0.15) is 52.4 Å². The second kappa shape index (κ2) is 8.90. The molecule has 0 aromatic heterocycles. The Morgan fingerprint density at radius 2 is 2.18 bits per heavy atom. The van der Waals surface area contributed by atoms with Crippen molar-refractivity contribution in [3.63, 3.8) is 0 Å². The molecule has 0 saturated carbocycles. The molecule has 3 atom stereocenters. The lowest BCUT2D eigenvalue weighted by Gasteiger charge is -2.31. The molecule has 2 N–H and O–H groups in total. The molecule has 0 radical (unpaired) electrons. The van der Waals surface area contributed by atoms with Gasteiger partial charge in [0.1, 0.15) is 0 Å². The normalized spacial score (nSPS) is 27.0. The van der Waals surface area contributed by atoms with Crippen molar-refractivity contribution >= 4 is 0 Å². The zero-order chi connectivity index (χ0) is 12.5. The molecular weight excluding hydrogens is 214 g/mol. The Morgan fingerprint density at radius 1 is 1.35 bits per heavy atom. The molecule has 3 nitrogen and oxygen atoms in total. The summed E-state index contributed by atoms with van der Waals surface area (Å²) >= 11 is 0. The van der Waals surface area contributed by atoms with Crippen LogP contribution in [-0.4, -0.2) is 37.0 Å². The summed E-state index contributed by atoms with van der Waals surface area (Å²) in [7, 11) is 0. The summed E-state index contributed by atoms with van der Waals surface area (Å²) in [4.78, 5) is 0. The number of nitrogens with one attached hydrogen (secondary N) is 1. The predicted octanol–water partition coefficient (Wildman–Crippen LogP) is 2.33. The molecule has 0 aromatic carbocycles. The van der Waals surface area contributed by atoms with Crippen LogP contribution in [0.25, 0.3) is 0 Å². The SMILES string of the molecule is CCCC(CCO)CNC1CCOC(CC)C1. The van der Waals surface area contributed by atoms with Gasteiger partial charge in [0, 0.05) is 19.3 Å². The van der Waals surface area contributed by atoms with E-state index in [1.54, 1.807) is 0 Å². The van der Waals surface area contributed by atoms with E-state index in [0.717, 1.165) is 38.8 Å². The Hall–Kier alpha value is -0.120. The van der Waals surface area contributed by atoms with Gasteiger partial charge in [-0.05, 0) is 44.6 Å². The second-order valence-electron chi connectivity index (χ2n) is 5.20. The van der Waals surface area contributed by atoms with Gasteiger partial charge in [-0.3, -0.25) is 0 Å². The van der Waals surface area contributed by atoms with Crippen molar-refractivity contribution < 1.29 is 9.84 Å². The third kappa shape index (κ3) is 5.84. The van der Waals surface area contributed by atoms with Crippen molar-refractivity contribution in [3.05, 3.63) is 0 Å². The van der Waals surface area contributed by atoms with Gasteiger partial charge in [0.2, 0.25) is 0 Å². The van der Waals surface area contributed by atoms with Gasteiger partial charge >= 0.3 is 0 Å². The van der Waals surface area contributed by atoms with Crippen LogP contribution >= 0.6 is 0 Å². The Labute approximate surface area is 106 Å². The predicted molar refractivity (Wildman–Crippen MR) is 71.2 cm³/mol. The van der Waals surface area contributed by atoms with E-state index >= 15 is 0 Å². The van der Waals surface area contributed by atoms with E-state index in [0.29, 0.717) is 24.7 Å². The fourth-order valence-electron chi connectivity index (χ4n) is 2.62. The van der Waals surface area contributed by atoms with E-state index in [1.165, 1.54) is 12.8 Å². The Bertz CT molecular complexity index is 181. The maximum atomic E-state index is 9.03. The number of aliphatic hydroxyl groups is 1. The molecular formula is C14H29NO2. The zero-order valence-electron chi connectivity index (χ0n) is 11.5. The molecule has 1 saturated heterocycles. The first-order valence-electron chi connectivity index (χ1n) is 7.25. The van der Waals surface area contributed by atoms with Crippen molar-refractivity contribution in [1.29, 1.82) is 0 Å². The second-order valence-corrected chi connectivity index (χ2v) is 5.20. The molecule has 0 aliphatic carbocycles. The molecule has 17 heavy (non-hydrogen) atoms. The van der Waals surface area contributed by atoms with Crippen molar-refractivity contribution in [2.45, 2.75) is 64.5 Å². The number of ether oxygens (including phenoxy) is 1. The topological polar surface area (TPSA) is 41.5 Å². The lowest BCUT2D eigenvalue weighted by Crippen LogP contribution is -2.41. The molecule has 0 amide bonds. The van der Waals surface area contributed by atoms with Crippen molar-refractivity contribution in [3.8, 4) is 0 Å². The summed E-state index contributed by atoms with van der Waals surface area (Å²) in [6.07, 6.45) is 7.20. The summed E-state index contributed by atoms with van der Waals surface area (Å²) in [6, 6.07) is 0.617. The van der Waals surface area contributed by atoms with Crippen LogP contribution in [0.3, 0.4) is 0 Å². The van der Waals surface area contributed by atoms with Crippen LogP contribution in [0, 0.1) is 5.92 Å². The van der Waals surface area contributed by atoms with E-state index in [9.17, 15) is 0 Å². The van der Waals surface area contributed by atoms with Gasteiger partial charge in [-0.25, -0.2) is 0 Å². The third-order valence-corrected chi connectivity index (χ3v) is 3.75. The highest BCUT2D eigenvalue weighted by molar-refractivity contribution is 4.77. The Kier molecular flexibility index (Phi) is 7.82. The van der Waals surface area contributed by atoms with Gasteiger partial charge in [-0.2, -0.15) is 0 Å². The van der Waals surface area contributed by atoms with E-state index in [1.807, 2.05) is 0 Å². The number of aliphatic hydroxyl groups excluding tert-OH is 1. The van der Waals surface area contributed by atoms with Gasteiger partial charge < -0.3 is 15.2 Å². The van der Waals surface area contributed by atoms with Crippen LogP contribution in [-0.2, 0) is 4.74 Å². The van der Waals surface area contributed by atoms with E-state index in [4.69, 9.17) is 9.84 Å². The highest BCUT2D eigenvalue weighted by Gasteiger charge is 2.21. The highest BCUT2D eigenvalue weighted by atomic mass is 16.5. The fraction of sp³-hybridized carbons (Fsp3) is 1.00. The Morgan fingerprint density at radius 3 is 2.82 bits per heavy atom. The summed E-state index contributed by atoms with van der Waals surface area (Å²) in [5.74, 6) is 0.632. The molecule has 1 fully saturated rings. The van der Waals surface area contributed by atoms with Crippen LogP contribution < -0.4 is 5.32 Å². The fourth-order valence-corrected chi connectivity index (χ4v) is 2.62. The molecule has 1 rings (SSSR count). The molecule has 3 unspecified atom stereocenters. The smallest absolute Gasteiger partial charge is 0.0587 e. The lowest BCUT2D eigenvalue weighted by molar-refractivity contribution is -0.000806. The third-order valence-electron chi connectivity index (χ3n) is 3.75. The van der Waals surface area contributed by atoms with Gasteiger partial charge in [-0.1, -0.05) is 20.3 Å². The maximum Gasteiger partial charge on any atom is 0.0587 e. The van der Waals surface area contributed by atoms with Gasteiger partial charge in [0.25, 0.3) is 0 Å². The molecule has 0 spiro atoms. The first kappa shape index (κ1) is 14.9. The lowest BCUT2D eigenvalue weighted by atomic mass is 9.97. The molecule has 1 aliphatic heterocycles. The first-order valence-corrected chi connectivity index (χ1v) is 7.25. The average molecular weight is 243 g/mol. The minimum absolute atomic E-state index is 0.317. The van der Waals surface area contributed by atoms with E-state index in [2.05, 4.69) is 19.2 Å². The van der Waals surface area contributed by atoms with Gasteiger partial charge in [-0.15, -0.1) is 0 Å². The first-order chi connectivity index (χ1) is 8.30. The molecule has 3 heteroatoms. The summed E-state index contributed by atoms with van der Waals surface area (Å²) in [5.41, 5.74) is 0. The van der Waals surface area contributed by atoms with Crippen molar-refractivity contribution in [1.82, 2.24) is 5.32 Å². The molecule has 1 heterocycles. The van der Waals surface area contributed by atoms with Crippen LogP contribution in [0.2, 0.25) is 0 Å². The monoisotopic (exact) mass is 243 g/mol. The van der Waals surface area contributed by atoms with E-state index < -0.39 is 0 Å². The quantitative estimate of drug-likeness (QED) is 0.687. The maximum absolute atomic E-state index is 9.03. The zero-order valence-corrected chi connectivity index (χ0v) is 11.5. The minimum Gasteiger partial charge on any atom is -0.396 e. The Balaban J connectivity index is 2.22. The van der Waals surface area contributed by atoms with Gasteiger partial charge in [0.15, 0.2) is 0 Å². The molecule has 102 valence electrons. The number of hydrogen-bond acceptors (Lipinski definition) is 3. The van der Waals surface area contributed by atoms with Crippen molar-refractivity contribution in [2.75, 3.05) is 19.8 Å². The summed E-state index contributed by atoms with van der Waals surface area (Å²) in [5, 5.41) is 12.7. The van der Waals surface area contributed by atoms with Gasteiger partial charge in [0.05, 0.1) is 6.10 Å². The molecule has 1 aliphatic rings. The number of rotatable bonds is 8. The molecule has 0 aromatic rings. The number of hydrogen-bond donors (Lipinski definition) is 2. The van der Waals surface area contributed by atoms with E-state index in [-0.39, 0.29) is 0 Å². The minimum atomic E-state index is 0.317. The average Bonchev–Trinajstić information content (AvgIpc) is 2.37. The summed E-state index contributed by atoms with van der Waals surface area (Å²) < 4.78 is 5.68.